The van der Waals surface area contributed by atoms with Gasteiger partial charge in [-0.2, -0.15) is 0 Å². The van der Waals surface area contributed by atoms with Gasteiger partial charge in [-0.3, -0.25) is 4.98 Å². The molecule has 2 N–H and O–H groups in total. The minimum absolute atomic E-state index is 0.125. The van der Waals surface area contributed by atoms with Crippen LogP contribution in [-0.4, -0.2) is 29.3 Å². The van der Waals surface area contributed by atoms with Gasteiger partial charge in [-0.15, -0.1) is 0 Å². The largest absolute Gasteiger partial charge is 0.490 e. The quantitative estimate of drug-likeness (QED) is 0.671. The first-order chi connectivity index (χ1) is 12.0. The number of rotatable bonds is 6. The standard InChI is InChI=1S/C19H20N2O4/c1-12-9-18(23)25-19-13(2)17(4-3-16(12)19)24-11-15(22)10-21-14-5-7-20-8-6-14/h3-9,15,22H,10-11H2,1-2H3,(H,20,21)/t15-/m0/s1. The predicted octanol–water partition coefficient (Wildman–Crippen LogP) is 2.66. The lowest BCUT2D eigenvalue weighted by molar-refractivity contribution is 0.117. The van der Waals surface area contributed by atoms with Gasteiger partial charge in [0.1, 0.15) is 24.0 Å². The molecule has 6 nitrogen and oxygen atoms in total. The average Bonchev–Trinajstić information content (AvgIpc) is 2.61. The van der Waals surface area contributed by atoms with Crippen LogP contribution in [0, 0.1) is 13.8 Å². The Hall–Kier alpha value is -2.86. The Morgan fingerprint density at radius 1 is 1.24 bits per heavy atom. The fourth-order valence-electron chi connectivity index (χ4n) is 2.61. The second-order valence-electron chi connectivity index (χ2n) is 5.90. The summed E-state index contributed by atoms with van der Waals surface area (Å²) in [7, 11) is 0. The van der Waals surface area contributed by atoms with Crippen LogP contribution in [-0.2, 0) is 0 Å². The van der Waals surface area contributed by atoms with Gasteiger partial charge >= 0.3 is 5.63 Å². The molecule has 25 heavy (non-hydrogen) atoms. The molecule has 2 aromatic heterocycles. The smallest absolute Gasteiger partial charge is 0.336 e. The Balaban J connectivity index is 1.66. The molecule has 2 heterocycles. The van der Waals surface area contributed by atoms with Gasteiger partial charge in [-0.1, -0.05) is 0 Å². The minimum Gasteiger partial charge on any atom is -0.490 e. The van der Waals surface area contributed by atoms with Crippen LogP contribution in [0.15, 0.2) is 51.9 Å². The third-order valence-corrected chi connectivity index (χ3v) is 3.97. The molecule has 3 aromatic rings. The van der Waals surface area contributed by atoms with Gasteiger partial charge < -0.3 is 19.6 Å². The second-order valence-corrected chi connectivity index (χ2v) is 5.90. The number of pyridine rings is 1. The van der Waals surface area contributed by atoms with E-state index in [0.717, 1.165) is 22.2 Å². The summed E-state index contributed by atoms with van der Waals surface area (Å²) in [5, 5.41) is 14.1. The summed E-state index contributed by atoms with van der Waals surface area (Å²) in [5.41, 5.74) is 2.63. The molecular formula is C19H20N2O4. The minimum atomic E-state index is -0.687. The molecule has 0 saturated carbocycles. The fraction of sp³-hybridized carbons (Fsp3) is 0.263. The van der Waals surface area contributed by atoms with Crippen molar-refractivity contribution in [3.05, 3.63) is 64.3 Å². The van der Waals surface area contributed by atoms with Crippen LogP contribution < -0.4 is 15.7 Å². The van der Waals surface area contributed by atoms with Crippen molar-refractivity contribution in [1.82, 2.24) is 4.98 Å². The lowest BCUT2D eigenvalue weighted by Gasteiger charge is -2.16. The second kappa shape index (κ2) is 7.36. The van der Waals surface area contributed by atoms with Crippen LogP contribution in [0.5, 0.6) is 5.75 Å². The van der Waals surface area contributed by atoms with E-state index in [4.69, 9.17) is 9.15 Å². The molecule has 0 radical (unpaired) electrons. The van der Waals surface area contributed by atoms with E-state index in [1.165, 1.54) is 6.07 Å². The molecule has 0 bridgehead atoms. The Morgan fingerprint density at radius 3 is 2.76 bits per heavy atom. The van der Waals surface area contributed by atoms with Gasteiger partial charge in [0.05, 0.1) is 0 Å². The SMILES string of the molecule is Cc1cc(=O)oc2c(C)c(OC[C@@H](O)CNc3ccncc3)ccc12. The van der Waals surface area contributed by atoms with E-state index < -0.39 is 6.10 Å². The Kier molecular flexibility index (Phi) is 5.00. The molecule has 0 spiro atoms. The van der Waals surface area contributed by atoms with Gasteiger partial charge in [0.25, 0.3) is 0 Å². The molecule has 6 heteroatoms. The van der Waals surface area contributed by atoms with Crippen LogP contribution in [0.25, 0.3) is 11.0 Å². The van der Waals surface area contributed by atoms with Crippen molar-refractivity contribution in [3.63, 3.8) is 0 Å². The Bertz CT molecular complexity index is 922. The first kappa shape index (κ1) is 17.0. The molecule has 0 amide bonds. The zero-order chi connectivity index (χ0) is 17.8. The van der Waals surface area contributed by atoms with Gasteiger partial charge in [-0.05, 0) is 43.7 Å². The zero-order valence-corrected chi connectivity index (χ0v) is 14.2. The van der Waals surface area contributed by atoms with Crippen molar-refractivity contribution >= 4 is 16.7 Å². The molecule has 0 saturated heterocycles. The summed E-state index contributed by atoms with van der Waals surface area (Å²) in [5.74, 6) is 0.587. The Morgan fingerprint density at radius 2 is 2.00 bits per heavy atom. The van der Waals surface area contributed by atoms with Gasteiger partial charge in [0, 0.05) is 41.6 Å². The van der Waals surface area contributed by atoms with Gasteiger partial charge in [0.2, 0.25) is 0 Å². The highest BCUT2D eigenvalue weighted by Gasteiger charge is 2.12. The van der Waals surface area contributed by atoms with Crippen molar-refractivity contribution in [1.29, 1.82) is 0 Å². The number of benzene rings is 1. The van der Waals surface area contributed by atoms with Crippen molar-refractivity contribution in [3.8, 4) is 5.75 Å². The van der Waals surface area contributed by atoms with Crippen molar-refractivity contribution in [2.75, 3.05) is 18.5 Å². The van der Waals surface area contributed by atoms with Crippen LogP contribution in [0.1, 0.15) is 11.1 Å². The molecule has 3 rings (SSSR count). The monoisotopic (exact) mass is 340 g/mol. The van der Waals surface area contributed by atoms with Crippen LogP contribution in [0.4, 0.5) is 5.69 Å². The molecule has 0 unspecified atom stereocenters. The highest BCUT2D eigenvalue weighted by Crippen LogP contribution is 2.28. The third-order valence-electron chi connectivity index (χ3n) is 3.97. The summed E-state index contributed by atoms with van der Waals surface area (Å²) in [4.78, 5) is 15.5. The van der Waals surface area contributed by atoms with E-state index in [1.54, 1.807) is 12.4 Å². The average molecular weight is 340 g/mol. The van der Waals surface area contributed by atoms with Crippen molar-refractivity contribution in [2.24, 2.45) is 0 Å². The summed E-state index contributed by atoms with van der Waals surface area (Å²) in [6.45, 7) is 4.18. The van der Waals surface area contributed by atoms with Gasteiger partial charge in [-0.25, -0.2) is 4.79 Å². The molecule has 0 aliphatic carbocycles. The summed E-state index contributed by atoms with van der Waals surface area (Å²) >= 11 is 0. The number of hydrogen-bond acceptors (Lipinski definition) is 6. The summed E-state index contributed by atoms with van der Waals surface area (Å²) in [6.07, 6.45) is 2.67. The number of nitrogens with one attached hydrogen (secondary N) is 1. The highest BCUT2D eigenvalue weighted by atomic mass is 16.5. The lowest BCUT2D eigenvalue weighted by atomic mass is 10.1. The maximum Gasteiger partial charge on any atom is 0.336 e. The van der Waals surface area contributed by atoms with Crippen LogP contribution >= 0.6 is 0 Å². The lowest BCUT2D eigenvalue weighted by Crippen LogP contribution is -2.26. The number of aromatic nitrogens is 1. The van der Waals surface area contributed by atoms with Crippen LogP contribution in [0.3, 0.4) is 0 Å². The van der Waals surface area contributed by atoms with E-state index in [-0.39, 0.29) is 12.2 Å². The normalized spacial score (nSPS) is 12.1. The number of anilines is 1. The first-order valence-electron chi connectivity index (χ1n) is 8.03. The zero-order valence-electron chi connectivity index (χ0n) is 14.2. The first-order valence-corrected chi connectivity index (χ1v) is 8.03. The van der Waals surface area contributed by atoms with Crippen molar-refractivity contribution in [2.45, 2.75) is 20.0 Å². The van der Waals surface area contributed by atoms with E-state index in [2.05, 4.69) is 10.3 Å². The third kappa shape index (κ3) is 3.97. The number of aryl methyl sites for hydroxylation is 2. The molecule has 0 aliphatic heterocycles. The molecular weight excluding hydrogens is 320 g/mol. The van der Waals surface area contributed by atoms with Crippen molar-refractivity contribution < 1.29 is 14.3 Å². The van der Waals surface area contributed by atoms with Gasteiger partial charge in [0.15, 0.2) is 0 Å². The number of aliphatic hydroxyl groups excluding tert-OH is 1. The molecule has 130 valence electrons. The summed E-state index contributed by atoms with van der Waals surface area (Å²) in [6, 6.07) is 8.80. The maximum atomic E-state index is 11.6. The number of fused-ring (bicyclic) bond motifs is 1. The predicted molar refractivity (Wildman–Crippen MR) is 96.2 cm³/mol. The van der Waals surface area contributed by atoms with E-state index in [0.29, 0.717) is 17.9 Å². The summed E-state index contributed by atoms with van der Waals surface area (Å²) < 4.78 is 11.0. The van der Waals surface area contributed by atoms with E-state index in [9.17, 15) is 9.90 Å². The highest BCUT2D eigenvalue weighted by molar-refractivity contribution is 5.84. The topological polar surface area (TPSA) is 84.6 Å². The molecule has 1 atom stereocenters. The molecule has 0 fully saturated rings. The van der Waals surface area contributed by atoms with Crippen LogP contribution in [0.2, 0.25) is 0 Å². The number of aliphatic hydroxyl groups is 1. The number of hydrogen-bond donors (Lipinski definition) is 2. The molecule has 1 aromatic carbocycles. The van der Waals surface area contributed by atoms with E-state index in [1.807, 2.05) is 38.1 Å². The number of ether oxygens (including phenoxy) is 1. The molecule has 0 aliphatic rings. The maximum absolute atomic E-state index is 11.6. The fourth-order valence-corrected chi connectivity index (χ4v) is 2.61. The Labute approximate surface area is 145 Å². The van der Waals surface area contributed by atoms with E-state index >= 15 is 0 Å². The number of nitrogens with zero attached hydrogens (tertiary/aromatic N) is 1.